The molecule has 0 aliphatic heterocycles. The third-order valence-electron chi connectivity index (χ3n) is 4.28. The van der Waals surface area contributed by atoms with E-state index in [0.717, 1.165) is 17.7 Å². The van der Waals surface area contributed by atoms with Crippen LogP contribution in [0.1, 0.15) is 16.7 Å². The van der Waals surface area contributed by atoms with Crippen LogP contribution in [0, 0.1) is 13.8 Å². The molecule has 0 bridgehead atoms. The monoisotopic (exact) mass is 424 g/mol. The lowest BCUT2D eigenvalue weighted by atomic mass is 10.1. The van der Waals surface area contributed by atoms with Crippen LogP contribution in [0.4, 0.5) is 24.5 Å². The molecule has 0 aliphatic carbocycles. The van der Waals surface area contributed by atoms with Gasteiger partial charge in [0.25, 0.3) is 10.1 Å². The van der Waals surface area contributed by atoms with Crippen LogP contribution >= 0.6 is 0 Å². The number of phenols is 1. The van der Waals surface area contributed by atoms with E-state index >= 15 is 0 Å². The molecular formula is C19H15F3N2O4S. The van der Waals surface area contributed by atoms with Crippen LogP contribution in [0.5, 0.6) is 5.75 Å². The van der Waals surface area contributed by atoms with Crippen molar-refractivity contribution in [3.05, 3.63) is 59.2 Å². The first-order valence-corrected chi connectivity index (χ1v) is 9.65. The lowest BCUT2D eigenvalue weighted by Gasteiger charge is -2.11. The van der Waals surface area contributed by atoms with Crippen LogP contribution in [0.25, 0.3) is 10.8 Å². The summed E-state index contributed by atoms with van der Waals surface area (Å²) in [6.45, 7) is 3.05. The Bertz CT molecular complexity index is 1250. The van der Waals surface area contributed by atoms with Gasteiger partial charge < -0.3 is 5.11 Å². The molecule has 0 radical (unpaired) electrons. The van der Waals surface area contributed by atoms with E-state index in [9.17, 15) is 31.2 Å². The number of nitrogens with zero attached hydrogens (tertiary/aromatic N) is 2. The van der Waals surface area contributed by atoms with E-state index in [2.05, 4.69) is 10.2 Å². The van der Waals surface area contributed by atoms with E-state index in [0.29, 0.717) is 5.39 Å². The summed E-state index contributed by atoms with van der Waals surface area (Å²) in [7, 11) is -4.80. The van der Waals surface area contributed by atoms with Crippen molar-refractivity contribution in [1.82, 2.24) is 0 Å². The minimum atomic E-state index is -4.80. The van der Waals surface area contributed by atoms with Crippen molar-refractivity contribution in [3.63, 3.8) is 0 Å². The smallest absolute Gasteiger partial charge is 0.416 e. The summed E-state index contributed by atoms with van der Waals surface area (Å²) < 4.78 is 72.2. The minimum absolute atomic E-state index is 0.0148. The average Bonchev–Trinajstić information content (AvgIpc) is 2.60. The first kappa shape index (κ1) is 20.7. The van der Waals surface area contributed by atoms with Crippen molar-refractivity contribution in [2.75, 3.05) is 0 Å². The molecule has 0 aliphatic rings. The van der Waals surface area contributed by atoms with E-state index < -0.39 is 38.2 Å². The van der Waals surface area contributed by atoms with Gasteiger partial charge >= 0.3 is 6.18 Å². The average molecular weight is 424 g/mol. The maximum Gasteiger partial charge on any atom is 0.416 e. The number of hydrogen-bond acceptors (Lipinski definition) is 5. The number of fused-ring (bicyclic) bond motifs is 1. The standard InChI is InChI=1S/C19H15F3N2O4S/c1-10-3-6-14-12(7-10)8-16(29(26,27)28)17(18(14)25)24-23-13-5-4-11(2)15(9-13)19(20,21)22/h3-9,25H,1-2H3,(H,26,27,28). The number of alkyl halides is 3. The number of rotatable bonds is 3. The van der Waals surface area contributed by atoms with Crippen molar-refractivity contribution in [2.45, 2.75) is 24.9 Å². The largest absolute Gasteiger partial charge is 0.505 e. The highest BCUT2D eigenvalue weighted by Crippen LogP contribution is 2.42. The summed E-state index contributed by atoms with van der Waals surface area (Å²) >= 11 is 0. The molecule has 6 nitrogen and oxygen atoms in total. The third kappa shape index (κ3) is 4.22. The molecule has 2 N–H and O–H groups in total. The number of aryl methyl sites for hydroxylation is 2. The molecule has 3 aromatic rings. The predicted octanol–water partition coefficient (Wildman–Crippen LogP) is 5.84. The van der Waals surface area contributed by atoms with Crippen LogP contribution < -0.4 is 0 Å². The van der Waals surface area contributed by atoms with Crippen molar-refractivity contribution in [2.24, 2.45) is 10.2 Å². The Morgan fingerprint density at radius 3 is 2.28 bits per heavy atom. The van der Waals surface area contributed by atoms with Crippen molar-refractivity contribution < 1.29 is 31.2 Å². The molecule has 10 heteroatoms. The van der Waals surface area contributed by atoms with Crippen LogP contribution in [0.15, 0.2) is 57.6 Å². The van der Waals surface area contributed by atoms with Crippen LogP contribution in [-0.2, 0) is 16.3 Å². The topological polar surface area (TPSA) is 99.3 Å². The lowest BCUT2D eigenvalue weighted by Crippen LogP contribution is -2.06. The minimum Gasteiger partial charge on any atom is -0.505 e. The number of benzene rings is 3. The van der Waals surface area contributed by atoms with Crippen LogP contribution in [0.2, 0.25) is 0 Å². The summed E-state index contributed by atoms with van der Waals surface area (Å²) in [6, 6.07) is 9.13. The van der Waals surface area contributed by atoms with Gasteiger partial charge in [0.2, 0.25) is 0 Å². The molecule has 29 heavy (non-hydrogen) atoms. The second kappa shape index (κ2) is 7.12. The molecule has 0 unspecified atom stereocenters. The molecule has 0 amide bonds. The van der Waals surface area contributed by atoms with E-state index in [1.165, 1.54) is 25.1 Å². The van der Waals surface area contributed by atoms with Gasteiger partial charge in [-0.15, -0.1) is 5.11 Å². The van der Waals surface area contributed by atoms with E-state index in [4.69, 9.17) is 0 Å². The first-order chi connectivity index (χ1) is 13.4. The van der Waals surface area contributed by atoms with Gasteiger partial charge in [-0.05, 0) is 43.0 Å². The Morgan fingerprint density at radius 2 is 1.66 bits per heavy atom. The summed E-state index contributed by atoms with van der Waals surface area (Å²) in [5.41, 5.74) is -0.918. The zero-order chi connectivity index (χ0) is 21.6. The second-order valence-corrected chi connectivity index (χ2v) is 7.86. The van der Waals surface area contributed by atoms with Gasteiger partial charge in [0.05, 0.1) is 11.3 Å². The lowest BCUT2D eigenvalue weighted by molar-refractivity contribution is -0.138. The molecule has 0 atom stereocenters. The SMILES string of the molecule is Cc1ccc2c(O)c(N=Nc3ccc(C)c(C(F)(F)F)c3)c(S(=O)(=O)O)cc2c1. The number of azo groups is 1. The fourth-order valence-corrected chi connectivity index (χ4v) is 3.51. The Kier molecular flexibility index (Phi) is 5.10. The quantitative estimate of drug-likeness (QED) is 0.407. The van der Waals surface area contributed by atoms with E-state index in [-0.39, 0.29) is 16.6 Å². The molecular weight excluding hydrogens is 409 g/mol. The van der Waals surface area contributed by atoms with Gasteiger partial charge in [-0.1, -0.05) is 29.8 Å². The van der Waals surface area contributed by atoms with Gasteiger partial charge in [0.15, 0.2) is 5.75 Å². The Balaban J connectivity index is 2.20. The van der Waals surface area contributed by atoms with Gasteiger partial charge in [-0.2, -0.15) is 26.7 Å². The molecule has 0 saturated heterocycles. The highest BCUT2D eigenvalue weighted by Gasteiger charge is 2.32. The molecule has 0 saturated carbocycles. The highest BCUT2D eigenvalue weighted by molar-refractivity contribution is 7.86. The van der Waals surface area contributed by atoms with Gasteiger partial charge in [0.1, 0.15) is 10.6 Å². The summed E-state index contributed by atoms with van der Waals surface area (Å²) in [5.74, 6) is -0.568. The number of halogens is 3. The Hall–Kier alpha value is -2.98. The molecule has 152 valence electrons. The number of aromatic hydroxyl groups is 1. The maximum absolute atomic E-state index is 13.1. The van der Waals surface area contributed by atoms with Crippen LogP contribution in [-0.4, -0.2) is 18.1 Å². The van der Waals surface area contributed by atoms with Crippen molar-refractivity contribution >= 4 is 32.3 Å². The molecule has 0 aromatic heterocycles. The third-order valence-corrected chi connectivity index (χ3v) is 5.14. The molecule has 0 heterocycles. The van der Waals surface area contributed by atoms with Gasteiger partial charge in [-0.3, -0.25) is 4.55 Å². The van der Waals surface area contributed by atoms with Crippen molar-refractivity contribution in [1.29, 1.82) is 0 Å². The zero-order valence-corrected chi connectivity index (χ0v) is 16.0. The van der Waals surface area contributed by atoms with E-state index in [1.807, 2.05) is 0 Å². The Morgan fingerprint density at radius 1 is 0.966 bits per heavy atom. The second-order valence-electron chi connectivity index (χ2n) is 6.47. The molecule has 3 aromatic carbocycles. The summed E-state index contributed by atoms with van der Waals surface area (Å²) in [5, 5.41) is 18.3. The molecule has 0 spiro atoms. The Labute approximate surface area is 164 Å². The van der Waals surface area contributed by atoms with Gasteiger partial charge in [0, 0.05) is 5.39 Å². The van der Waals surface area contributed by atoms with Crippen LogP contribution in [0.3, 0.4) is 0 Å². The molecule has 0 fully saturated rings. The number of hydrogen-bond donors (Lipinski definition) is 2. The summed E-state index contributed by atoms with van der Waals surface area (Å²) in [6.07, 6.45) is -4.60. The first-order valence-electron chi connectivity index (χ1n) is 8.21. The maximum atomic E-state index is 13.1. The fourth-order valence-electron chi connectivity index (χ4n) is 2.85. The van der Waals surface area contributed by atoms with Gasteiger partial charge in [-0.25, -0.2) is 0 Å². The highest BCUT2D eigenvalue weighted by atomic mass is 32.2. The fraction of sp³-hybridized carbons (Fsp3) is 0.158. The van der Waals surface area contributed by atoms with E-state index in [1.54, 1.807) is 19.1 Å². The zero-order valence-electron chi connectivity index (χ0n) is 15.2. The summed E-state index contributed by atoms with van der Waals surface area (Å²) in [4.78, 5) is -0.708. The normalized spacial score (nSPS) is 12.8. The van der Waals surface area contributed by atoms with Crippen molar-refractivity contribution in [3.8, 4) is 5.75 Å². The predicted molar refractivity (Wildman–Crippen MR) is 101 cm³/mol. The number of phenolic OH excluding ortho intramolecular Hbond substituents is 1. The molecule has 3 rings (SSSR count).